The fourth-order valence-corrected chi connectivity index (χ4v) is 1.89. The number of Topliss-reactive ketones (excluding diaryl/α,β-unsaturated/α-hetero) is 1. The van der Waals surface area contributed by atoms with E-state index in [4.69, 9.17) is 14.2 Å². The van der Waals surface area contributed by atoms with Gasteiger partial charge in [-0.25, -0.2) is 0 Å². The van der Waals surface area contributed by atoms with Crippen LogP contribution >= 0.6 is 0 Å². The first-order valence-corrected chi connectivity index (χ1v) is 6.45. The van der Waals surface area contributed by atoms with Gasteiger partial charge in [0.05, 0.1) is 14.2 Å². The number of aromatic nitrogens is 1. The lowest BCUT2D eigenvalue weighted by Crippen LogP contribution is -2.03. The summed E-state index contributed by atoms with van der Waals surface area (Å²) >= 11 is 0. The first-order valence-electron chi connectivity index (χ1n) is 6.45. The Morgan fingerprint density at radius 1 is 1.10 bits per heavy atom. The average molecular weight is 287 g/mol. The summed E-state index contributed by atoms with van der Waals surface area (Å²) in [5.41, 5.74) is 1.30. The maximum Gasteiger partial charge on any atom is 0.185 e. The Balaban J connectivity index is 2.11. The zero-order valence-electron chi connectivity index (χ0n) is 12.3. The molecule has 2 rings (SSSR count). The number of pyridine rings is 1. The summed E-state index contributed by atoms with van der Waals surface area (Å²) in [7, 11) is 3.13. The number of ketones is 1. The van der Waals surface area contributed by atoms with Crippen molar-refractivity contribution in [2.75, 3.05) is 14.2 Å². The van der Waals surface area contributed by atoms with Gasteiger partial charge in [-0.1, -0.05) is 0 Å². The number of carbonyl (C=O) groups excluding carboxylic acids is 1. The molecule has 0 aliphatic carbocycles. The topological polar surface area (TPSA) is 57.7 Å². The monoisotopic (exact) mass is 287 g/mol. The normalized spacial score (nSPS) is 10.0. The summed E-state index contributed by atoms with van der Waals surface area (Å²) in [6, 6.07) is 8.69. The van der Waals surface area contributed by atoms with Gasteiger partial charge in [-0.3, -0.25) is 9.78 Å². The van der Waals surface area contributed by atoms with Gasteiger partial charge in [0.1, 0.15) is 18.1 Å². The van der Waals surface area contributed by atoms with E-state index in [1.165, 1.54) is 6.92 Å². The summed E-state index contributed by atoms with van der Waals surface area (Å²) < 4.78 is 16.2. The molecular weight excluding hydrogens is 270 g/mol. The van der Waals surface area contributed by atoms with E-state index in [0.717, 1.165) is 0 Å². The van der Waals surface area contributed by atoms with E-state index in [1.807, 2.05) is 0 Å². The maximum atomic E-state index is 11.2. The van der Waals surface area contributed by atoms with Crippen molar-refractivity contribution in [2.45, 2.75) is 13.5 Å². The minimum atomic E-state index is 0.0256. The second-order valence-corrected chi connectivity index (χ2v) is 4.36. The third kappa shape index (κ3) is 3.51. The molecule has 1 aromatic heterocycles. The first kappa shape index (κ1) is 14.8. The van der Waals surface area contributed by atoms with E-state index in [9.17, 15) is 4.79 Å². The van der Waals surface area contributed by atoms with E-state index in [0.29, 0.717) is 28.5 Å². The van der Waals surface area contributed by atoms with E-state index >= 15 is 0 Å². The number of rotatable bonds is 6. The number of hydrogen-bond acceptors (Lipinski definition) is 5. The molecular formula is C16H17NO4. The Morgan fingerprint density at radius 2 is 1.81 bits per heavy atom. The third-order valence-electron chi connectivity index (χ3n) is 3.00. The van der Waals surface area contributed by atoms with Gasteiger partial charge in [0, 0.05) is 17.8 Å². The standard InChI is InChI=1S/C16H17NO4/c1-11(18)12-4-6-13(7-5-12)21-10-14-16(20-3)15(19-2)8-9-17-14/h4-9H,10H2,1-3H3. The van der Waals surface area contributed by atoms with Gasteiger partial charge in [0.25, 0.3) is 0 Å². The Hall–Kier alpha value is -2.56. The Bertz CT molecular complexity index is 623. The van der Waals surface area contributed by atoms with E-state index in [-0.39, 0.29) is 12.4 Å². The Labute approximate surface area is 123 Å². The van der Waals surface area contributed by atoms with Crippen LogP contribution in [0.25, 0.3) is 0 Å². The molecule has 0 amide bonds. The fourth-order valence-electron chi connectivity index (χ4n) is 1.89. The Kier molecular flexibility index (Phi) is 4.77. The average Bonchev–Trinajstić information content (AvgIpc) is 2.52. The number of methoxy groups -OCH3 is 2. The lowest BCUT2D eigenvalue weighted by atomic mass is 10.1. The third-order valence-corrected chi connectivity index (χ3v) is 3.00. The molecule has 0 saturated heterocycles. The minimum Gasteiger partial charge on any atom is -0.493 e. The predicted octanol–water partition coefficient (Wildman–Crippen LogP) is 2.88. The second kappa shape index (κ2) is 6.74. The zero-order chi connectivity index (χ0) is 15.2. The first-order chi connectivity index (χ1) is 10.2. The van der Waals surface area contributed by atoms with Gasteiger partial charge in [0.2, 0.25) is 0 Å². The van der Waals surface area contributed by atoms with Crippen LogP contribution in [0.4, 0.5) is 0 Å². The van der Waals surface area contributed by atoms with Crippen LogP contribution in [0, 0.1) is 0 Å². The van der Waals surface area contributed by atoms with Crippen molar-refractivity contribution in [3.05, 3.63) is 47.8 Å². The molecule has 0 aliphatic heterocycles. The van der Waals surface area contributed by atoms with Crippen LogP contribution in [0.1, 0.15) is 23.0 Å². The molecule has 0 atom stereocenters. The molecule has 1 heterocycles. The summed E-state index contributed by atoms with van der Waals surface area (Å²) in [4.78, 5) is 15.4. The molecule has 110 valence electrons. The van der Waals surface area contributed by atoms with Crippen molar-refractivity contribution in [1.82, 2.24) is 4.98 Å². The van der Waals surface area contributed by atoms with Gasteiger partial charge in [-0.05, 0) is 31.2 Å². The van der Waals surface area contributed by atoms with Crippen LogP contribution in [0.2, 0.25) is 0 Å². The van der Waals surface area contributed by atoms with Crippen LogP contribution < -0.4 is 14.2 Å². The highest BCUT2D eigenvalue weighted by Crippen LogP contribution is 2.29. The predicted molar refractivity (Wildman–Crippen MR) is 78.1 cm³/mol. The largest absolute Gasteiger partial charge is 0.493 e. The lowest BCUT2D eigenvalue weighted by molar-refractivity contribution is 0.101. The molecule has 5 heteroatoms. The van der Waals surface area contributed by atoms with Crippen molar-refractivity contribution >= 4 is 5.78 Å². The van der Waals surface area contributed by atoms with Gasteiger partial charge < -0.3 is 14.2 Å². The quantitative estimate of drug-likeness (QED) is 0.765. The van der Waals surface area contributed by atoms with Crippen LogP contribution in [0.5, 0.6) is 17.2 Å². The molecule has 0 N–H and O–H groups in total. The van der Waals surface area contributed by atoms with Gasteiger partial charge in [-0.15, -0.1) is 0 Å². The molecule has 0 saturated carbocycles. The number of hydrogen-bond donors (Lipinski definition) is 0. The number of carbonyl (C=O) groups is 1. The summed E-state index contributed by atoms with van der Waals surface area (Å²) in [5, 5.41) is 0. The van der Waals surface area contributed by atoms with Crippen LogP contribution in [-0.2, 0) is 6.61 Å². The molecule has 0 bridgehead atoms. The number of ether oxygens (including phenoxy) is 3. The van der Waals surface area contributed by atoms with Crippen molar-refractivity contribution in [1.29, 1.82) is 0 Å². The molecule has 2 aromatic rings. The second-order valence-electron chi connectivity index (χ2n) is 4.36. The molecule has 21 heavy (non-hydrogen) atoms. The molecule has 5 nitrogen and oxygen atoms in total. The van der Waals surface area contributed by atoms with Crippen LogP contribution in [0.3, 0.4) is 0 Å². The van der Waals surface area contributed by atoms with Gasteiger partial charge in [-0.2, -0.15) is 0 Å². The van der Waals surface area contributed by atoms with Crippen LogP contribution in [0.15, 0.2) is 36.5 Å². The molecule has 0 radical (unpaired) electrons. The highest BCUT2D eigenvalue weighted by atomic mass is 16.5. The zero-order valence-corrected chi connectivity index (χ0v) is 12.3. The fraction of sp³-hybridized carbons (Fsp3) is 0.250. The maximum absolute atomic E-state index is 11.2. The highest BCUT2D eigenvalue weighted by Gasteiger charge is 2.11. The van der Waals surface area contributed by atoms with Gasteiger partial charge >= 0.3 is 0 Å². The highest BCUT2D eigenvalue weighted by molar-refractivity contribution is 5.94. The minimum absolute atomic E-state index is 0.0256. The van der Waals surface area contributed by atoms with Crippen molar-refractivity contribution in [2.24, 2.45) is 0 Å². The molecule has 1 aromatic carbocycles. The van der Waals surface area contributed by atoms with Crippen molar-refractivity contribution in [3.8, 4) is 17.2 Å². The molecule has 0 fully saturated rings. The smallest absolute Gasteiger partial charge is 0.185 e. The summed E-state index contributed by atoms with van der Waals surface area (Å²) in [6.07, 6.45) is 1.64. The molecule has 0 aliphatic rings. The van der Waals surface area contributed by atoms with Crippen molar-refractivity contribution in [3.63, 3.8) is 0 Å². The number of benzene rings is 1. The summed E-state index contributed by atoms with van der Waals surface area (Å²) in [6.45, 7) is 1.78. The van der Waals surface area contributed by atoms with Crippen LogP contribution in [-0.4, -0.2) is 25.0 Å². The molecule has 0 unspecified atom stereocenters. The van der Waals surface area contributed by atoms with E-state index < -0.39 is 0 Å². The van der Waals surface area contributed by atoms with E-state index in [2.05, 4.69) is 4.98 Å². The van der Waals surface area contributed by atoms with E-state index in [1.54, 1.807) is 50.7 Å². The molecule has 0 spiro atoms. The van der Waals surface area contributed by atoms with Gasteiger partial charge in [0.15, 0.2) is 17.3 Å². The lowest BCUT2D eigenvalue weighted by Gasteiger charge is -2.12. The van der Waals surface area contributed by atoms with Crippen molar-refractivity contribution < 1.29 is 19.0 Å². The SMILES string of the molecule is COc1ccnc(COc2ccc(C(C)=O)cc2)c1OC. The number of nitrogens with zero attached hydrogens (tertiary/aromatic N) is 1. The summed E-state index contributed by atoms with van der Waals surface area (Å²) in [5.74, 6) is 1.85. The Morgan fingerprint density at radius 3 is 2.38 bits per heavy atom.